The SMILES string of the molecule is CC(C)C[C@H](NC(=O)[C@@H](Cc1ccccc1)NC(=O)[C@H](Cc1ccc(O)cc1)NC(=O)[C@H](CO)NC(=O)[C@@H](Cc1c[nH]c2ccccc12)NC(=O)[C@H](Cc1ccc(Cl)cc1)NC(=O)[C@H](N)Cc1ccccc1)C(=O)C(CC[C@H](N)C(=O)N1CCC[C@H]1C(=O)NCC(N)=O)N=C(N)N. The smallest absolute Gasteiger partial charge is 0.245 e. The number of primary amides is 1. The van der Waals surface area contributed by atoms with Gasteiger partial charge in [-0.2, -0.15) is 0 Å². The molecule has 6 aromatic rings. The quantitative estimate of drug-likeness (QED) is 0.0187. The molecule has 1 aromatic heterocycles. The number of nitrogens with two attached hydrogens (primary N) is 5. The van der Waals surface area contributed by atoms with E-state index in [9.17, 15) is 58.2 Å². The van der Waals surface area contributed by atoms with Crippen LogP contribution in [0.15, 0.2) is 145 Å². The number of Topliss-reactive ketones (excluding diaryl/α,β-unsaturated/α-hetero) is 1. The number of hydrogen-bond acceptors (Lipinski definition) is 15. The van der Waals surface area contributed by atoms with Crippen molar-refractivity contribution in [2.75, 3.05) is 19.7 Å². The number of aromatic hydroxyl groups is 1. The Morgan fingerprint density at radius 3 is 1.59 bits per heavy atom. The van der Waals surface area contributed by atoms with Crippen molar-refractivity contribution in [3.05, 3.63) is 172 Å². The van der Waals surface area contributed by atoms with Gasteiger partial charge < -0.3 is 86.0 Å². The Morgan fingerprint density at radius 1 is 0.577 bits per heavy atom. The van der Waals surface area contributed by atoms with Crippen LogP contribution in [0.3, 0.4) is 0 Å². The summed E-state index contributed by atoms with van der Waals surface area (Å²) in [7, 11) is 0. The summed E-state index contributed by atoms with van der Waals surface area (Å²) >= 11 is 6.21. The van der Waals surface area contributed by atoms with Gasteiger partial charge in [0.15, 0.2) is 11.7 Å². The topological polar surface area (TPSA) is 457 Å². The van der Waals surface area contributed by atoms with Crippen molar-refractivity contribution < 1.29 is 58.2 Å². The monoisotopic (exact) mass is 1350 g/mol. The third-order valence-electron chi connectivity index (χ3n) is 16.4. The van der Waals surface area contributed by atoms with Crippen LogP contribution < -0.4 is 65.9 Å². The number of guanidine groups is 1. The van der Waals surface area contributed by atoms with Crippen molar-refractivity contribution in [2.24, 2.45) is 39.6 Å². The fourth-order valence-electron chi connectivity index (χ4n) is 11.4. The Hall–Kier alpha value is -10.2. The van der Waals surface area contributed by atoms with Gasteiger partial charge in [-0.1, -0.05) is 129 Å². The number of phenolic OH excluding ortho intramolecular Hbond substituents is 1. The van der Waals surface area contributed by atoms with Gasteiger partial charge in [0.1, 0.15) is 48.0 Å². The minimum atomic E-state index is -1.79. The maximum Gasteiger partial charge on any atom is 0.245 e. The lowest BCUT2D eigenvalue weighted by atomic mass is 9.92. The van der Waals surface area contributed by atoms with E-state index in [0.29, 0.717) is 51.0 Å². The highest BCUT2D eigenvalue weighted by molar-refractivity contribution is 6.30. The molecule has 2 heterocycles. The van der Waals surface area contributed by atoms with Crippen LogP contribution in [0.2, 0.25) is 5.02 Å². The first-order valence-electron chi connectivity index (χ1n) is 31.9. The number of amides is 9. The summed E-state index contributed by atoms with van der Waals surface area (Å²) in [6.45, 7) is 2.35. The predicted octanol–water partition coefficient (Wildman–Crippen LogP) is 0.226. The number of nitrogens with one attached hydrogen (secondary N) is 8. The maximum atomic E-state index is 15.0. The largest absolute Gasteiger partial charge is 0.508 e. The molecule has 1 aliphatic rings. The molecule has 516 valence electrons. The van der Waals surface area contributed by atoms with Gasteiger partial charge in [0.05, 0.1) is 31.3 Å². The van der Waals surface area contributed by atoms with E-state index in [4.69, 9.17) is 40.3 Å². The van der Waals surface area contributed by atoms with Crippen LogP contribution in [0.25, 0.3) is 10.9 Å². The van der Waals surface area contributed by atoms with Crippen LogP contribution in [-0.4, -0.2) is 165 Å². The van der Waals surface area contributed by atoms with Crippen LogP contribution in [-0.2, 0) is 80.0 Å². The summed E-state index contributed by atoms with van der Waals surface area (Å²) in [5.41, 5.74) is 33.4. The van der Waals surface area contributed by atoms with E-state index >= 15 is 0 Å². The summed E-state index contributed by atoms with van der Waals surface area (Å²) in [5, 5.41) is 41.0. The molecule has 0 saturated carbocycles. The first kappa shape index (κ1) is 74.2. The second-order valence-electron chi connectivity index (χ2n) is 24.5. The number of aromatic nitrogens is 1. The third-order valence-corrected chi connectivity index (χ3v) is 16.7. The molecule has 97 heavy (non-hydrogen) atoms. The molecule has 1 aliphatic heterocycles. The zero-order chi connectivity index (χ0) is 70.3. The standard InChI is InChI=1S/C69H86ClN15O12/c1-39(2)30-52(60(89)51(84-69(74)75)28-27-48(71)68(97)85-29-11-18-58(85)67(96)77-37-59(73)88)78-62(91)54(32-41-14-7-4-8-15-41)80-64(93)55(34-43-21-25-46(87)26-22-43)81-66(95)57(38-86)83-65(94)56(35-44-36-76-50-17-10-9-16-47(44)50)82-63(92)53(33-42-19-23-45(70)24-20-42)79-61(90)49(72)31-40-12-5-3-6-13-40/h3-10,12-17,19-26,36,39,48-49,51-58,76,86-87H,11,18,27-35,37-38,71-72H2,1-2H3,(H2,73,88)(H,77,96)(H,78,91)(H,79,90)(H,80,93)(H,81,95)(H,82,92)(H,83,94)(H4,74,75,84)/t48-,49+,51?,52-,53-,54+,55-,56+,57-,58-/m0/s1. The first-order valence-corrected chi connectivity index (χ1v) is 32.3. The lowest BCUT2D eigenvalue weighted by molar-refractivity contribution is -0.139. The van der Waals surface area contributed by atoms with Crippen molar-refractivity contribution in [3.8, 4) is 5.75 Å². The number of carbonyl (C=O) groups is 10. The van der Waals surface area contributed by atoms with Gasteiger partial charge in [-0.25, -0.2) is 4.99 Å². The molecule has 5 aromatic carbocycles. The molecule has 1 saturated heterocycles. The van der Waals surface area contributed by atoms with Crippen LogP contribution in [0.4, 0.5) is 0 Å². The minimum absolute atomic E-state index is 0.0402. The third kappa shape index (κ3) is 22.4. The van der Waals surface area contributed by atoms with E-state index in [-0.39, 0.29) is 69.6 Å². The first-order chi connectivity index (χ1) is 46.3. The van der Waals surface area contributed by atoms with E-state index in [2.05, 4.69) is 47.2 Å². The lowest BCUT2D eigenvalue weighted by Crippen LogP contribution is -2.61. The number of hydrogen-bond donors (Lipinski definition) is 15. The number of nitrogens with zero attached hydrogens (tertiary/aromatic N) is 2. The van der Waals surface area contributed by atoms with E-state index in [1.165, 1.54) is 29.2 Å². The molecular formula is C69H86ClN15O12. The van der Waals surface area contributed by atoms with Crippen LogP contribution in [0, 0.1) is 5.92 Å². The molecule has 20 N–H and O–H groups in total. The van der Waals surface area contributed by atoms with Gasteiger partial charge in [0.25, 0.3) is 0 Å². The van der Waals surface area contributed by atoms with Gasteiger partial charge in [-0.05, 0) is 103 Å². The number of aliphatic hydroxyl groups is 1. The molecule has 28 heteroatoms. The summed E-state index contributed by atoms with van der Waals surface area (Å²) in [4.78, 5) is 149. The van der Waals surface area contributed by atoms with Crippen LogP contribution in [0.1, 0.15) is 73.8 Å². The molecule has 1 unspecified atom stereocenters. The van der Waals surface area contributed by atoms with E-state index in [1.807, 2.05) is 30.3 Å². The number of aliphatic hydroxyl groups excluding tert-OH is 1. The molecular weight excluding hydrogens is 1270 g/mol. The van der Waals surface area contributed by atoms with Crippen LogP contribution in [0.5, 0.6) is 5.75 Å². The molecule has 9 amide bonds. The molecule has 0 spiro atoms. The van der Waals surface area contributed by atoms with Crippen molar-refractivity contribution in [1.82, 2.24) is 47.1 Å². The van der Waals surface area contributed by atoms with Crippen molar-refractivity contribution in [2.45, 2.75) is 138 Å². The van der Waals surface area contributed by atoms with Crippen molar-refractivity contribution >= 4 is 87.4 Å². The van der Waals surface area contributed by atoms with E-state index in [1.54, 1.807) is 98.9 Å². The van der Waals surface area contributed by atoms with E-state index in [0.717, 1.165) is 5.56 Å². The number of rotatable bonds is 35. The number of para-hydroxylation sites is 1. The fourth-order valence-corrected chi connectivity index (χ4v) is 11.5. The molecule has 7 rings (SSSR count). The minimum Gasteiger partial charge on any atom is -0.508 e. The number of ketones is 1. The number of aliphatic imine (C=N–C) groups is 1. The number of likely N-dealkylation sites (tertiary alicyclic amines) is 1. The van der Waals surface area contributed by atoms with Gasteiger partial charge >= 0.3 is 0 Å². The fraction of sp³-hybridized carbons (Fsp3) is 0.377. The highest BCUT2D eigenvalue weighted by Gasteiger charge is 2.39. The zero-order valence-electron chi connectivity index (χ0n) is 54.0. The van der Waals surface area contributed by atoms with Gasteiger partial charge in [-0.3, -0.25) is 47.9 Å². The lowest BCUT2D eigenvalue weighted by Gasteiger charge is -2.29. The van der Waals surface area contributed by atoms with Gasteiger partial charge in [-0.15, -0.1) is 0 Å². The van der Waals surface area contributed by atoms with Gasteiger partial charge in [0.2, 0.25) is 53.2 Å². The Kier molecular flexibility index (Phi) is 27.6. The summed E-state index contributed by atoms with van der Waals surface area (Å²) in [6.07, 6.45) is 1.61. The molecule has 27 nitrogen and oxygen atoms in total. The molecule has 0 bridgehead atoms. The van der Waals surface area contributed by atoms with Crippen molar-refractivity contribution in [3.63, 3.8) is 0 Å². The second-order valence-corrected chi connectivity index (χ2v) is 24.9. The summed E-state index contributed by atoms with van der Waals surface area (Å²) in [6, 6.07) is 23.6. The molecule has 1 fully saturated rings. The van der Waals surface area contributed by atoms with E-state index < -0.39 is 138 Å². The number of carbonyl (C=O) groups excluding carboxylic acids is 10. The average molecular weight is 1350 g/mol. The van der Waals surface area contributed by atoms with Crippen molar-refractivity contribution in [1.29, 1.82) is 0 Å². The normalized spacial score (nSPS) is 15.6. The zero-order valence-corrected chi connectivity index (χ0v) is 54.7. The molecule has 10 atom stereocenters. The summed E-state index contributed by atoms with van der Waals surface area (Å²) < 4.78 is 0. The number of benzene rings is 5. The Balaban J connectivity index is 1.12. The Labute approximate surface area is 566 Å². The Bertz CT molecular complexity index is 3720. The number of phenols is 1. The molecule has 0 aliphatic carbocycles. The summed E-state index contributed by atoms with van der Waals surface area (Å²) in [5.74, 6) is -8.69. The molecule has 0 radical (unpaired) electrons. The predicted molar refractivity (Wildman–Crippen MR) is 364 cm³/mol. The average Bonchev–Trinajstić information content (AvgIpc) is 1.79. The second kappa shape index (κ2) is 36.0. The highest BCUT2D eigenvalue weighted by atomic mass is 35.5. The van der Waals surface area contributed by atoms with Crippen LogP contribution >= 0.6 is 11.6 Å². The van der Waals surface area contributed by atoms with Gasteiger partial charge in [0, 0.05) is 54.4 Å². The maximum absolute atomic E-state index is 15.0. The Morgan fingerprint density at radius 2 is 1.05 bits per heavy atom. The number of halogens is 1. The number of H-pyrrole nitrogens is 1. The number of aromatic amines is 1. The number of fused-ring (bicyclic) bond motifs is 1. The highest BCUT2D eigenvalue weighted by Crippen LogP contribution is 2.23.